The van der Waals surface area contributed by atoms with E-state index in [9.17, 15) is 9.00 Å². The smallest absolute Gasteiger partial charge is 0.331 e. The van der Waals surface area contributed by atoms with Crippen LogP contribution in [0.15, 0.2) is 41.3 Å². The van der Waals surface area contributed by atoms with Crippen LogP contribution in [-0.2, 0) is 31.7 Å². The van der Waals surface area contributed by atoms with E-state index in [2.05, 4.69) is 10.7 Å². The Labute approximate surface area is 134 Å². The summed E-state index contributed by atoms with van der Waals surface area (Å²) in [6.45, 7) is 0.508. The number of hydrogen-bond donors (Lipinski definition) is 0. The van der Waals surface area contributed by atoms with Crippen molar-refractivity contribution in [3.8, 4) is 12.3 Å². The molecule has 5 heteroatoms. The van der Waals surface area contributed by atoms with E-state index in [0.717, 1.165) is 5.56 Å². The van der Waals surface area contributed by atoms with Crippen LogP contribution in [0.3, 0.4) is 0 Å². The molecule has 22 heavy (non-hydrogen) atoms. The third kappa shape index (κ3) is 7.21. The molecule has 0 radical (unpaired) electrons. The molecule has 0 amide bonds. The molecule has 0 fully saturated rings. The molecule has 1 unspecified atom stereocenters. The topological polar surface area (TPSA) is 52.6 Å². The number of rotatable bonds is 9. The summed E-state index contributed by atoms with van der Waals surface area (Å²) in [5.41, 5.74) is 1.01. The third-order valence-corrected chi connectivity index (χ3v) is 4.26. The molecule has 1 aromatic carbocycles. The number of hydrogen-bond acceptors (Lipinski definition) is 4. The van der Waals surface area contributed by atoms with E-state index in [4.69, 9.17) is 11.2 Å². The Bertz CT molecular complexity index is 558. The van der Waals surface area contributed by atoms with Crippen LogP contribution in [0, 0.1) is 12.3 Å². The van der Waals surface area contributed by atoms with Gasteiger partial charge in [-0.15, -0.1) is 12.3 Å². The van der Waals surface area contributed by atoms with E-state index < -0.39 is 16.8 Å². The lowest BCUT2D eigenvalue weighted by Crippen LogP contribution is -2.10. The first kappa shape index (κ1) is 18.1. The Balaban J connectivity index is 2.58. The fraction of sp³-hybridized carbons (Fsp3) is 0.353. The van der Waals surface area contributed by atoms with E-state index in [-0.39, 0.29) is 6.61 Å². The summed E-state index contributed by atoms with van der Waals surface area (Å²) < 4.78 is 22.3. The first-order valence-corrected chi connectivity index (χ1v) is 8.21. The Morgan fingerprint density at radius 3 is 2.73 bits per heavy atom. The number of esters is 1. The Kier molecular flexibility index (Phi) is 8.89. The highest BCUT2D eigenvalue weighted by atomic mass is 32.2. The number of carbonyl (C=O) groups is 1. The van der Waals surface area contributed by atoms with E-state index >= 15 is 0 Å². The second kappa shape index (κ2) is 10.8. The molecular weight excluding hydrogens is 300 g/mol. The lowest BCUT2D eigenvalue weighted by atomic mass is 10.2. The van der Waals surface area contributed by atoms with Crippen molar-refractivity contribution in [1.29, 1.82) is 0 Å². The quantitative estimate of drug-likeness (QED) is 0.303. The van der Waals surface area contributed by atoms with Crippen LogP contribution < -0.4 is 0 Å². The Hall–Kier alpha value is -1.90. The largest absolute Gasteiger partial charge is 0.466 e. The molecule has 0 aliphatic carbocycles. The molecule has 0 N–H and O–H groups in total. The van der Waals surface area contributed by atoms with E-state index in [1.165, 1.54) is 13.2 Å². The molecule has 0 saturated heterocycles. The number of terminal acetylenes is 1. The predicted molar refractivity (Wildman–Crippen MR) is 87.3 cm³/mol. The summed E-state index contributed by atoms with van der Waals surface area (Å²) >= 11 is 0. The monoisotopic (exact) mass is 320 g/mol. The molecule has 0 bridgehead atoms. The molecule has 1 atom stereocenters. The number of ether oxygens (including phenoxy) is 2. The Morgan fingerprint density at radius 1 is 1.36 bits per heavy atom. The fourth-order valence-electron chi connectivity index (χ4n) is 1.64. The molecule has 0 aromatic heterocycles. The number of unbranched alkanes of at least 4 members (excludes halogenated alkanes) is 1. The first-order valence-electron chi connectivity index (χ1n) is 6.89. The maximum Gasteiger partial charge on any atom is 0.331 e. The number of benzene rings is 1. The van der Waals surface area contributed by atoms with Crippen molar-refractivity contribution in [3.63, 3.8) is 0 Å². The van der Waals surface area contributed by atoms with Gasteiger partial charge in [-0.25, -0.2) is 4.79 Å². The summed E-state index contributed by atoms with van der Waals surface area (Å²) in [6, 6.07) is 9.64. The van der Waals surface area contributed by atoms with E-state index in [1.807, 2.05) is 30.3 Å². The summed E-state index contributed by atoms with van der Waals surface area (Å²) in [4.78, 5) is 11.8. The zero-order chi connectivity index (χ0) is 16.2. The van der Waals surface area contributed by atoms with Gasteiger partial charge in [0.1, 0.15) is 0 Å². The van der Waals surface area contributed by atoms with Crippen LogP contribution in [0.5, 0.6) is 0 Å². The van der Waals surface area contributed by atoms with Crippen molar-refractivity contribution in [2.24, 2.45) is 0 Å². The van der Waals surface area contributed by atoms with E-state index in [1.54, 1.807) is 0 Å². The maximum absolute atomic E-state index is 12.2. The van der Waals surface area contributed by atoms with Gasteiger partial charge in [-0.1, -0.05) is 30.3 Å². The maximum atomic E-state index is 12.2. The van der Waals surface area contributed by atoms with Crippen molar-refractivity contribution >= 4 is 16.8 Å². The highest BCUT2D eigenvalue weighted by molar-refractivity contribution is 7.89. The van der Waals surface area contributed by atoms with Gasteiger partial charge in [0.25, 0.3) is 0 Å². The van der Waals surface area contributed by atoms with Crippen molar-refractivity contribution in [2.45, 2.75) is 19.4 Å². The molecule has 1 rings (SSSR count). The molecule has 4 nitrogen and oxygen atoms in total. The second-order valence-corrected chi connectivity index (χ2v) is 6.09. The number of methoxy groups -OCH3 is 1. The molecule has 0 saturated carbocycles. The summed E-state index contributed by atoms with van der Waals surface area (Å²) in [5, 5.41) is 0. The standard InChI is InChI=1S/C17H20O4S/c1-3-4-8-11-22(19)16(12-17(18)20-2)14-21-13-15-9-6-5-7-10-15/h1,5-7,9-10,12H,4,8,11,13-14H2,2H3/b16-12+. The van der Waals surface area contributed by atoms with Gasteiger partial charge in [-0.2, -0.15) is 0 Å². The number of carbonyl (C=O) groups excluding carboxylic acids is 1. The van der Waals surface area contributed by atoms with Crippen LogP contribution in [0.2, 0.25) is 0 Å². The average Bonchev–Trinajstić information content (AvgIpc) is 2.54. The normalized spacial score (nSPS) is 12.5. The minimum atomic E-state index is -1.30. The lowest BCUT2D eigenvalue weighted by Gasteiger charge is -2.08. The van der Waals surface area contributed by atoms with Gasteiger partial charge >= 0.3 is 5.97 Å². The van der Waals surface area contributed by atoms with Crippen molar-refractivity contribution in [1.82, 2.24) is 0 Å². The molecule has 0 heterocycles. The van der Waals surface area contributed by atoms with Crippen LogP contribution >= 0.6 is 0 Å². The van der Waals surface area contributed by atoms with Gasteiger partial charge < -0.3 is 9.47 Å². The van der Waals surface area contributed by atoms with Crippen LogP contribution in [0.4, 0.5) is 0 Å². The summed E-state index contributed by atoms with van der Waals surface area (Å²) in [7, 11) is -0.0193. The van der Waals surface area contributed by atoms with Gasteiger partial charge in [0.05, 0.1) is 31.1 Å². The van der Waals surface area contributed by atoms with Crippen LogP contribution in [0.1, 0.15) is 18.4 Å². The van der Waals surface area contributed by atoms with Gasteiger partial charge in [-0.05, 0) is 12.0 Å². The van der Waals surface area contributed by atoms with Crippen LogP contribution in [0.25, 0.3) is 0 Å². The van der Waals surface area contributed by atoms with Crippen LogP contribution in [-0.4, -0.2) is 29.6 Å². The molecular formula is C17H20O4S. The second-order valence-electron chi connectivity index (χ2n) is 4.47. The molecule has 1 aromatic rings. The lowest BCUT2D eigenvalue weighted by molar-refractivity contribution is -0.134. The van der Waals surface area contributed by atoms with Gasteiger partial charge in [0.15, 0.2) is 0 Å². The third-order valence-electron chi connectivity index (χ3n) is 2.78. The van der Waals surface area contributed by atoms with Gasteiger partial charge in [-0.3, -0.25) is 4.21 Å². The zero-order valence-electron chi connectivity index (χ0n) is 12.6. The van der Waals surface area contributed by atoms with Crippen molar-refractivity contribution < 1.29 is 18.5 Å². The summed E-state index contributed by atoms with van der Waals surface area (Å²) in [5.74, 6) is 2.37. The molecule has 118 valence electrons. The van der Waals surface area contributed by atoms with Gasteiger partial charge in [0.2, 0.25) is 0 Å². The van der Waals surface area contributed by atoms with Crippen molar-refractivity contribution in [2.75, 3.05) is 19.5 Å². The molecule has 0 spiro atoms. The van der Waals surface area contributed by atoms with E-state index in [0.29, 0.717) is 30.1 Å². The minimum Gasteiger partial charge on any atom is -0.466 e. The van der Waals surface area contributed by atoms with Crippen molar-refractivity contribution in [3.05, 3.63) is 46.9 Å². The summed E-state index contributed by atoms with van der Waals surface area (Å²) in [6.07, 6.45) is 7.61. The molecule has 0 aliphatic heterocycles. The average molecular weight is 320 g/mol. The Morgan fingerprint density at radius 2 is 2.09 bits per heavy atom. The molecule has 0 aliphatic rings. The SMILES string of the molecule is C#CCCCS(=O)/C(=C/C(=O)OC)COCc1ccccc1. The highest BCUT2D eigenvalue weighted by Crippen LogP contribution is 2.09. The minimum absolute atomic E-state index is 0.118. The zero-order valence-corrected chi connectivity index (χ0v) is 13.4. The highest BCUT2D eigenvalue weighted by Gasteiger charge is 2.11. The first-order chi connectivity index (χ1) is 10.7. The predicted octanol–water partition coefficient (Wildman–Crippen LogP) is 2.42. The fourth-order valence-corrected chi connectivity index (χ4v) is 2.75. The van der Waals surface area contributed by atoms with Gasteiger partial charge in [0, 0.05) is 23.2 Å².